The summed E-state index contributed by atoms with van der Waals surface area (Å²) in [6.07, 6.45) is 1.22. The van der Waals surface area contributed by atoms with E-state index in [9.17, 15) is 13.2 Å². The van der Waals surface area contributed by atoms with Crippen molar-refractivity contribution in [2.75, 3.05) is 5.73 Å². The van der Waals surface area contributed by atoms with Crippen LogP contribution < -0.4 is 5.73 Å². The van der Waals surface area contributed by atoms with Crippen LogP contribution in [0.25, 0.3) is 11.3 Å². The van der Waals surface area contributed by atoms with Crippen LogP contribution in [0.4, 0.5) is 18.9 Å². The monoisotopic (exact) mass is 258 g/mol. The minimum atomic E-state index is -1.54. The highest BCUT2D eigenvalue weighted by Gasteiger charge is 2.15. The number of nitrogens with two attached hydrogens (primary N) is 1. The van der Waals surface area contributed by atoms with Crippen molar-refractivity contribution in [2.45, 2.75) is 0 Å². The second kappa shape index (κ2) is 4.25. The zero-order valence-corrected chi connectivity index (χ0v) is 9.10. The van der Waals surface area contributed by atoms with Crippen LogP contribution in [-0.2, 0) is 0 Å². The fraction of sp³-hybridized carbons (Fsp3) is 0. The third kappa shape index (κ3) is 2.06. The van der Waals surface area contributed by atoms with Gasteiger partial charge in [0, 0.05) is 11.8 Å². The Bertz CT molecular complexity index is 587. The van der Waals surface area contributed by atoms with E-state index in [1.807, 2.05) is 0 Å². The largest absolute Gasteiger partial charge is 0.397 e. The number of nitrogens with zero attached hydrogens (tertiary/aromatic N) is 1. The molecule has 0 fully saturated rings. The third-order valence-corrected chi connectivity index (χ3v) is 2.51. The predicted molar refractivity (Wildman–Crippen MR) is 59.0 cm³/mol. The molecule has 2 aromatic rings. The van der Waals surface area contributed by atoms with Gasteiger partial charge in [-0.3, -0.25) is 4.98 Å². The van der Waals surface area contributed by atoms with Crippen LogP contribution in [0.2, 0.25) is 5.02 Å². The molecule has 0 unspecified atom stereocenters. The van der Waals surface area contributed by atoms with Gasteiger partial charge in [-0.1, -0.05) is 11.6 Å². The second-order valence-corrected chi connectivity index (χ2v) is 3.72. The number of pyridine rings is 1. The van der Waals surface area contributed by atoms with Gasteiger partial charge in [0.15, 0.2) is 17.5 Å². The maximum atomic E-state index is 13.5. The topological polar surface area (TPSA) is 38.9 Å². The van der Waals surface area contributed by atoms with Crippen molar-refractivity contribution in [3.05, 3.63) is 46.9 Å². The quantitative estimate of drug-likeness (QED) is 0.796. The van der Waals surface area contributed by atoms with Gasteiger partial charge in [0.2, 0.25) is 0 Å². The van der Waals surface area contributed by atoms with Gasteiger partial charge >= 0.3 is 0 Å². The summed E-state index contributed by atoms with van der Waals surface area (Å²) >= 11 is 5.65. The predicted octanol–water partition coefficient (Wildman–Crippen LogP) is 3.40. The first-order chi connectivity index (χ1) is 8.00. The summed E-state index contributed by atoms with van der Waals surface area (Å²) in [6.45, 7) is 0. The molecule has 6 heteroatoms. The van der Waals surface area contributed by atoms with Crippen molar-refractivity contribution in [2.24, 2.45) is 0 Å². The van der Waals surface area contributed by atoms with Gasteiger partial charge in [0.25, 0.3) is 0 Å². The molecule has 0 saturated heterocycles. The Morgan fingerprint density at radius 2 is 1.82 bits per heavy atom. The molecule has 0 spiro atoms. The van der Waals surface area contributed by atoms with E-state index in [4.69, 9.17) is 17.3 Å². The minimum Gasteiger partial charge on any atom is -0.397 e. The summed E-state index contributed by atoms with van der Waals surface area (Å²) in [7, 11) is 0. The molecule has 2 nitrogen and oxygen atoms in total. The number of rotatable bonds is 1. The maximum absolute atomic E-state index is 13.5. The van der Waals surface area contributed by atoms with E-state index >= 15 is 0 Å². The standard InChI is InChI=1S/C11H6ClF3N2/c12-6-4-17-9(3-8(6)16)5-1-2-7(13)11(15)10(5)14/h1-4H,(H2,16,17). The summed E-state index contributed by atoms with van der Waals surface area (Å²) in [5, 5.41) is 0.205. The molecule has 0 radical (unpaired) electrons. The van der Waals surface area contributed by atoms with Crippen LogP contribution in [-0.4, -0.2) is 4.98 Å². The molecule has 0 aliphatic heterocycles. The molecule has 0 saturated carbocycles. The van der Waals surface area contributed by atoms with E-state index in [1.165, 1.54) is 12.3 Å². The highest BCUT2D eigenvalue weighted by atomic mass is 35.5. The van der Waals surface area contributed by atoms with E-state index in [1.54, 1.807) is 0 Å². The summed E-state index contributed by atoms with van der Waals surface area (Å²) < 4.78 is 39.2. The Labute approximate surface area is 99.8 Å². The molecule has 0 aliphatic rings. The van der Waals surface area contributed by atoms with Crippen LogP contribution in [0, 0.1) is 17.5 Å². The van der Waals surface area contributed by atoms with Crippen LogP contribution in [0.1, 0.15) is 0 Å². The number of anilines is 1. The summed E-state index contributed by atoms with van der Waals surface area (Å²) in [6, 6.07) is 3.20. The molecule has 2 rings (SSSR count). The van der Waals surface area contributed by atoms with Crippen LogP contribution in [0.15, 0.2) is 24.4 Å². The van der Waals surface area contributed by atoms with Crippen molar-refractivity contribution in [1.82, 2.24) is 4.98 Å². The SMILES string of the molecule is Nc1cc(-c2ccc(F)c(F)c2F)ncc1Cl. The number of benzene rings is 1. The second-order valence-electron chi connectivity index (χ2n) is 3.31. The molecule has 0 amide bonds. The van der Waals surface area contributed by atoms with Gasteiger partial charge in [-0.05, 0) is 18.2 Å². The zero-order chi connectivity index (χ0) is 12.6. The average Bonchev–Trinajstić information content (AvgIpc) is 2.30. The van der Waals surface area contributed by atoms with E-state index in [-0.39, 0.29) is 22.0 Å². The van der Waals surface area contributed by atoms with E-state index < -0.39 is 17.5 Å². The van der Waals surface area contributed by atoms with E-state index in [2.05, 4.69) is 4.98 Å². The summed E-state index contributed by atoms with van der Waals surface area (Å²) in [4.78, 5) is 3.80. The molecule has 17 heavy (non-hydrogen) atoms. The molecule has 0 bridgehead atoms. The van der Waals surface area contributed by atoms with Gasteiger partial charge in [-0.25, -0.2) is 13.2 Å². The summed E-state index contributed by atoms with van der Waals surface area (Å²) in [5.41, 5.74) is 5.61. The zero-order valence-electron chi connectivity index (χ0n) is 8.35. The first kappa shape index (κ1) is 11.7. The average molecular weight is 259 g/mol. The summed E-state index contributed by atoms with van der Waals surface area (Å²) in [5.74, 6) is -4.11. The van der Waals surface area contributed by atoms with Crippen molar-refractivity contribution in [3.8, 4) is 11.3 Å². The number of halogens is 4. The molecule has 1 heterocycles. The molecule has 0 atom stereocenters. The van der Waals surface area contributed by atoms with Gasteiger partial charge in [-0.2, -0.15) is 0 Å². The first-order valence-electron chi connectivity index (χ1n) is 4.55. The van der Waals surface area contributed by atoms with E-state index in [0.29, 0.717) is 0 Å². The molecule has 88 valence electrons. The Kier molecular flexibility index (Phi) is 2.93. The lowest BCUT2D eigenvalue weighted by Gasteiger charge is -2.05. The lowest BCUT2D eigenvalue weighted by molar-refractivity contribution is 0.449. The van der Waals surface area contributed by atoms with Crippen molar-refractivity contribution in [1.29, 1.82) is 0 Å². The number of hydrogen-bond acceptors (Lipinski definition) is 2. The molecule has 1 aromatic carbocycles. The third-order valence-electron chi connectivity index (χ3n) is 2.20. The van der Waals surface area contributed by atoms with Crippen LogP contribution in [0.3, 0.4) is 0 Å². The number of hydrogen-bond donors (Lipinski definition) is 1. The molecule has 0 aliphatic carbocycles. The smallest absolute Gasteiger partial charge is 0.195 e. The number of aromatic nitrogens is 1. The molecular formula is C11H6ClF3N2. The molecule has 2 N–H and O–H groups in total. The first-order valence-corrected chi connectivity index (χ1v) is 4.93. The van der Waals surface area contributed by atoms with Gasteiger partial charge in [0.1, 0.15) is 0 Å². The highest BCUT2D eigenvalue weighted by Crippen LogP contribution is 2.27. The Balaban J connectivity index is 2.61. The van der Waals surface area contributed by atoms with Gasteiger partial charge in [0.05, 0.1) is 16.4 Å². The molecular weight excluding hydrogens is 253 g/mol. The lowest BCUT2D eigenvalue weighted by atomic mass is 10.1. The van der Waals surface area contributed by atoms with Crippen molar-refractivity contribution in [3.63, 3.8) is 0 Å². The van der Waals surface area contributed by atoms with E-state index in [0.717, 1.165) is 12.1 Å². The maximum Gasteiger partial charge on any atom is 0.195 e. The van der Waals surface area contributed by atoms with Gasteiger partial charge in [-0.15, -0.1) is 0 Å². The highest BCUT2D eigenvalue weighted by molar-refractivity contribution is 6.32. The lowest BCUT2D eigenvalue weighted by Crippen LogP contribution is -1.97. The molecule has 1 aromatic heterocycles. The van der Waals surface area contributed by atoms with Crippen molar-refractivity contribution < 1.29 is 13.2 Å². The number of nitrogen functional groups attached to an aromatic ring is 1. The van der Waals surface area contributed by atoms with Crippen LogP contribution in [0.5, 0.6) is 0 Å². The Hall–Kier alpha value is -1.75. The van der Waals surface area contributed by atoms with Crippen LogP contribution >= 0.6 is 11.6 Å². The van der Waals surface area contributed by atoms with Crippen molar-refractivity contribution >= 4 is 17.3 Å². The fourth-order valence-electron chi connectivity index (χ4n) is 1.33. The minimum absolute atomic E-state index is 0.0864. The van der Waals surface area contributed by atoms with Gasteiger partial charge < -0.3 is 5.73 Å². The normalized spacial score (nSPS) is 10.6. The fourth-order valence-corrected chi connectivity index (χ4v) is 1.43. The Morgan fingerprint density at radius 3 is 2.47 bits per heavy atom. The Morgan fingerprint density at radius 1 is 1.12 bits per heavy atom.